The lowest BCUT2D eigenvalue weighted by molar-refractivity contribution is 0.352. The molecule has 0 saturated carbocycles. The van der Waals surface area contributed by atoms with Gasteiger partial charge in [0.1, 0.15) is 5.75 Å². The third-order valence-corrected chi connectivity index (χ3v) is 4.38. The van der Waals surface area contributed by atoms with Crippen molar-refractivity contribution in [1.29, 1.82) is 0 Å². The molecule has 0 aliphatic carbocycles. The zero-order valence-corrected chi connectivity index (χ0v) is 13.1. The Kier molecular flexibility index (Phi) is 4.81. The Balaban J connectivity index is 2.03. The molecule has 2 rings (SSSR count). The molecule has 1 N–H and O–H groups in total. The van der Waals surface area contributed by atoms with E-state index >= 15 is 0 Å². The first kappa shape index (κ1) is 14.0. The molecule has 0 spiro atoms. The highest BCUT2D eigenvalue weighted by atomic mass is 79.9. The topological polar surface area (TPSA) is 38.3 Å². The lowest BCUT2D eigenvalue weighted by Crippen LogP contribution is -2.30. The number of rotatable bonds is 5. The molecule has 1 aliphatic heterocycles. The molecule has 1 aliphatic rings. The smallest absolute Gasteiger partial charge is 0.127 e. The van der Waals surface area contributed by atoms with Gasteiger partial charge >= 0.3 is 0 Å². The van der Waals surface area contributed by atoms with Crippen molar-refractivity contribution in [2.45, 2.75) is 25.9 Å². The Morgan fingerprint density at radius 3 is 3.06 bits per heavy atom. The Morgan fingerprint density at radius 2 is 2.33 bits per heavy atom. The number of hydrogen-bond acceptors (Lipinski definition) is 3. The Bertz CT molecular complexity index is 465. The summed E-state index contributed by atoms with van der Waals surface area (Å²) in [6.45, 7) is 3.58. The van der Waals surface area contributed by atoms with Gasteiger partial charge in [0.2, 0.25) is 0 Å². The van der Waals surface area contributed by atoms with Gasteiger partial charge in [0, 0.05) is 51.9 Å². The Hall–Kier alpha value is -0.390. The van der Waals surface area contributed by atoms with Crippen LogP contribution in [0.25, 0.3) is 0 Å². The Labute approximate surface area is 119 Å². The van der Waals surface area contributed by atoms with Crippen molar-refractivity contribution in [2.24, 2.45) is 0 Å². The highest BCUT2D eigenvalue weighted by Gasteiger charge is 2.17. The SMILES string of the molecule is CC(CS(C)=O)NCc1cc(Br)cc2c1OCC2. The van der Waals surface area contributed by atoms with Crippen LogP contribution in [-0.2, 0) is 23.8 Å². The van der Waals surface area contributed by atoms with Gasteiger partial charge in [-0.15, -0.1) is 0 Å². The number of halogens is 1. The van der Waals surface area contributed by atoms with E-state index in [1.54, 1.807) is 6.26 Å². The second-order valence-electron chi connectivity index (χ2n) is 4.67. The van der Waals surface area contributed by atoms with Gasteiger partial charge in [0.05, 0.1) is 6.61 Å². The predicted molar refractivity (Wildman–Crippen MR) is 78.6 cm³/mol. The van der Waals surface area contributed by atoms with Crippen molar-refractivity contribution < 1.29 is 8.95 Å². The number of fused-ring (bicyclic) bond motifs is 1. The fourth-order valence-electron chi connectivity index (χ4n) is 2.17. The molecule has 1 heterocycles. The average Bonchev–Trinajstić information content (AvgIpc) is 2.72. The summed E-state index contributed by atoms with van der Waals surface area (Å²) < 4.78 is 17.9. The summed E-state index contributed by atoms with van der Waals surface area (Å²) in [5.74, 6) is 1.70. The van der Waals surface area contributed by atoms with Gasteiger partial charge < -0.3 is 10.1 Å². The van der Waals surface area contributed by atoms with Crippen molar-refractivity contribution >= 4 is 26.7 Å². The third kappa shape index (κ3) is 3.56. The molecule has 0 radical (unpaired) electrons. The fourth-order valence-corrected chi connectivity index (χ4v) is 3.55. The zero-order chi connectivity index (χ0) is 13.1. The Morgan fingerprint density at radius 1 is 1.56 bits per heavy atom. The molecular formula is C13H18BrNO2S. The van der Waals surface area contributed by atoms with E-state index in [0.717, 1.165) is 29.8 Å². The van der Waals surface area contributed by atoms with Gasteiger partial charge in [0.25, 0.3) is 0 Å². The number of hydrogen-bond donors (Lipinski definition) is 1. The van der Waals surface area contributed by atoms with E-state index in [1.165, 1.54) is 11.1 Å². The van der Waals surface area contributed by atoms with Gasteiger partial charge in [-0.3, -0.25) is 4.21 Å². The van der Waals surface area contributed by atoms with E-state index in [1.807, 2.05) is 0 Å². The minimum atomic E-state index is -0.760. The second-order valence-corrected chi connectivity index (χ2v) is 7.07. The van der Waals surface area contributed by atoms with Crippen LogP contribution in [0, 0.1) is 0 Å². The highest BCUT2D eigenvalue weighted by molar-refractivity contribution is 9.10. The van der Waals surface area contributed by atoms with Crippen LogP contribution in [0.15, 0.2) is 16.6 Å². The summed E-state index contributed by atoms with van der Waals surface area (Å²) in [7, 11) is -0.760. The van der Waals surface area contributed by atoms with Crippen LogP contribution in [0.2, 0.25) is 0 Å². The molecular weight excluding hydrogens is 314 g/mol. The van der Waals surface area contributed by atoms with Crippen LogP contribution in [0.1, 0.15) is 18.1 Å². The minimum Gasteiger partial charge on any atom is -0.493 e. The molecule has 2 unspecified atom stereocenters. The van der Waals surface area contributed by atoms with Crippen LogP contribution in [0.4, 0.5) is 0 Å². The highest BCUT2D eigenvalue weighted by Crippen LogP contribution is 2.32. The quantitative estimate of drug-likeness (QED) is 0.899. The molecule has 1 aromatic carbocycles. The molecule has 0 fully saturated rings. The zero-order valence-electron chi connectivity index (χ0n) is 10.7. The summed E-state index contributed by atoms with van der Waals surface area (Å²) in [5, 5.41) is 3.39. The largest absolute Gasteiger partial charge is 0.493 e. The van der Waals surface area contributed by atoms with E-state index in [2.05, 4.69) is 40.3 Å². The van der Waals surface area contributed by atoms with E-state index in [-0.39, 0.29) is 6.04 Å². The minimum absolute atomic E-state index is 0.242. The third-order valence-electron chi connectivity index (χ3n) is 2.95. The fraction of sp³-hybridized carbons (Fsp3) is 0.538. The van der Waals surface area contributed by atoms with E-state index in [0.29, 0.717) is 5.75 Å². The van der Waals surface area contributed by atoms with Crippen molar-refractivity contribution in [2.75, 3.05) is 18.6 Å². The van der Waals surface area contributed by atoms with Gasteiger partial charge in [-0.1, -0.05) is 15.9 Å². The van der Waals surface area contributed by atoms with Gasteiger partial charge in [-0.05, 0) is 24.6 Å². The summed E-state index contributed by atoms with van der Waals surface area (Å²) in [4.78, 5) is 0. The molecule has 1 aromatic rings. The summed E-state index contributed by atoms with van der Waals surface area (Å²) in [6, 6.07) is 4.45. The van der Waals surface area contributed by atoms with Crippen LogP contribution >= 0.6 is 15.9 Å². The molecule has 0 bridgehead atoms. The van der Waals surface area contributed by atoms with Crippen LogP contribution in [-0.4, -0.2) is 28.9 Å². The lowest BCUT2D eigenvalue weighted by Gasteiger charge is -2.14. The molecule has 0 saturated heterocycles. The van der Waals surface area contributed by atoms with Crippen molar-refractivity contribution in [3.63, 3.8) is 0 Å². The first-order chi connectivity index (χ1) is 8.56. The monoisotopic (exact) mass is 331 g/mol. The van der Waals surface area contributed by atoms with Crippen molar-refractivity contribution in [3.05, 3.63) is 27.7 Å². The predicted octanol–water partition coefficient (Wildman–Crippen LogP) is 2.24. The molecule has 0 amide bonds. The number of nitrogens with one attached hydrogen (secondary N) is 1. The van der Waals surface area contributed by atoms with Gasteiger partial charge in [0.15, 0.2) is 0 Å². The van der Waals surface area contributed by atoms with Gasteiger partial charge in [-0.2, -0.15) is 0 Å². The normalized spacial score (nSPS) is 17.1. The molecule has 0 aromatic heterocycles. The number of ether oxygens (including phenoxy) is 1. The van der Waals surface area contributed by atoms with Crippen LogP contribution in [0.5, 0.6) is 5.75 Å². The summed E-state index contributed by atoms with van der Waals surface area (Å²) in [6.07, 6.45) is 2.72. The summed E-state index contributed by atoms with van der Waals surface area (Å²) >= 11 is 3.53. The van der Waals surface area contributed by atoms with E-state index in [4.69, 9.17) is 4.74 Å². The molecule has 18 heavy (non-hydrogen) atoms. The molecule has 3 nitrogen and oxygen atoms in total. The maximum absolute atomic E-state index is 11.1. The maximum atomic E-state index is 11.1. The van der Waals surface area contributed by atoms with E-state index in [9.17, 15) is 4.21 Å². The molecule has 5 heteroatoms. The van der Waals surface area contributed by atoms with E-state index < -0.39 is 10.8 Å². The van der Waals surface area contributed by atoms with Crippen LogP contribution < -0.4 is 10.1 Å². The first-order valence-corrected chi connectivity index (χ1v) is 8.56. The van der Waals surface area contributed by atoms with Crippen molar-refractivity contribution in [3.8, 4) is 5.75 Å². The first-order valence-electron chi connectivity index (χ1n) is 6.04. The maximum Gasteiger partial charge on any atom is 0.127 e. The summed E-state index contributed by atoms with van der Waals surface area (Å²) in [5.41, 5.74) is 2.44. The van der Waals surface area contributed by atoms with Crippen LogP contribution in [0.3, 0.4) is 0 Å². The second kappa shape index (κ2) is 6.17. The number of benzene rings is 1. The standard InChI is InChI=1S/C13H18BrNO2S/c1-9(8-18(2)16)15-7-11-6-12(14)5-10-3-4-17-13(10)11/h5-6,9,15H,3-4,7-8H2,1-2H3. The van der Waals surface area contributed by atoms with Gasteiger partial charge in [-0.25, -0.2) is 0 Å². The lowest BCUT2D eigenvalue weighted by atomic mass is 10.1. The average molecular weight is 332 g/mol. The molecule has 2 atom stereocenters. The van der Waals surface area contributed by atoms with Crippen molar-refractivity contribution in [1.82, 2.24) is 5.32 Å². The molecule has 100 valence electrons.